The van der Waals surface area contributed by atoms with Gasteiger partial charge in [0.1, 0.15) is 6.54 Å². The fraction of sp³-hybridized carbons (Fsp3) is 0.636. The lowest BCUT2D eigenvalue weighted by Gasteiger charge is -2.05. The smallest absolute Gasteiger partial charge is 0.241 e. The number of aryl methyl sites for hydroxylation is 1. The van der Waals surface area contributed by atoms with Crippen molar-refractivity contribution in [2.45, 2.75) is 40.2 Å². The van der Waals surface area contributed by atoms with Crippen LogP contribution in [0.2, 0.25) is 5.02 Å². The highest BCUT2D eigenvalue weighted by molar-refractivity contribution is 6.31. The van der Waals surface area contributed by atoms with Crippen molar-refractivity contribution >= 4 is 17.5 Å². The molecule has 0 spiro atoms. The average Bonchev–Trinajstić information content (AvgIpc) is 2.47. The van der Waals surface area contributed by atoms with Gasteiger partial charge in [-0.1, -0.05) is 24.9 Å². The number of rotatable bonds is 5. The molecule has 0 aromatic carbocycles. The third-order valence-corrected chi connectivity index (χ3v) is 2.99. The molecule has 0 aliphatic heterocycles. The van der Waals surface area contributed by atoms with Gasteiger partial charge in [-0.15, -0.1) is 0 Å². The van der Waals surface area contributed by atoms with E-state index in [0.717, 1.165) is 30.8 Å². The Hall–Kier alpha value is -1.03. The molecular weight excluding hydrogens is 226 g/mol. The third kappa shape index (κ3) is 3.23. The second kappa shape index (κ2) is 5.89. The number of amides is 1. The largest absolute Gasteiger partial charge is 0.354 e. The fourth-order valence-corrected chi connectivity index (χ4v) is 1.56. The summed E-state index contributed by atoms with van der Waals surface area (Å²) in [6.45, 7) is 6.75. The molecule has 90 valence electrons. The number of carbonyl (C=O) groups excluding carboxylic acids is 1. The molecular formula is C11H18ClN3O. The summed E-state index contributed by atoms with van der Waals surface area (Å²) < 4.78 is 1.64. The zero-order chi connectivity index (χ0) is 12.1. The van der Waals surface area contributed by atoms with Crippen LogP contribution in [-0.2, 0) is 11.3 Å². The van der Waals surface area contributed by atoms with Gasteiger partial charge in [0.2, 0.25) is 5.91 Å². The van der Waals surface area contributed by atoms with Crippen LogP contribution in [0.5, 0.6) is 0 Å². The van der Waals surface area contributed by atoms with E-state index >= 15 is 0 Å². The number of halogens is 1. The van der Waals surface area contributed by atoms with Gasteiger partial charge < -0.3 is 5.32 Å². The molecule has 0 radical (unpaired) electrons. The highest BCUT2D eigenvalue weighted by atomic mass is 35.5. The minimum atomic E-state index is -0.0179. The molecule has 5 heteroatoms. The van der Waals surface area contributed by atoms with Crippen molar-refractivity contribution < 1.29 is 4.79 Å². The van der Waals surface area contributed by atoms with E-state index < -0.39 is 0 Å². The molecule has 0 fully saturated rings. The summed E-state index contributed by atoms with van der Waals surface area (Å²) in [5, 5.41) is 7.69. The molecule has 1 aromatic rings. The Labute approximate surface area is 101 Å². The van der Waals surface area contributed by atoms with E-state index in [2.05, 4.69) is 17.3 Å². The summed E-state index contributed by atoms with van der Waals surface area (Å²) in [6, 6.07) is 0. The monoisotopic (exact) mass is 243 g/mol. The van der Waals surface area contributed by atoms with Crippen LogP contribution < -0.4 is 5.32 Å². The lowest BCUT2D eigenvalue weighted by atomic mass is 10.3. The van der Waals surface area contributed by atoms with E-state index in [1.807, 2.05) is 13.8 Å². The SMILES string of the molecule is CCCCNC(=O)Cn1nc(C)c(Cl)c1C. The summed E-state index contributed by atoms with van der Waals surface area (Å²) in [4.78, 5) is 11.5. The zero-order valence-corrected chi connectivity index (χ0v) is 10.8. The Balaban J connectivity index is 2.53. The van der Waals surface area contributed by atoms with Crippen molar-refractivity contribution in [1.29, 1.82) is 0 Å². The van der Waals surface area contributed by atoms with Gasteiger partial charge in [0.15, 0.2) is 0 Å². The molecule has 0 bridgehead atoms. The van der Waals surface area contributed by atoms with Gasteiger partial charge in [0.05, 0.1) is 16.4 Å². The van der Waals surface area contributed by atoms with E-state index in [4.69, 9.17) is 11.6 Å². The van der Waals surface area contributed by atoms with Crippen molar-refractivity contribution in [2.75, 3.05) is 6.54 Å². The number of hydrogen-bond acceptors (Lipinski definition) is 2. The summed E-state index contributed by atoms with van der Waals surface area (Å²) in [7, 11) is 0. The van der Waals surface area contributed by atoms with Crippen LogP contribution in [0.1, 0.15) is 31.2 Å². The molecule has 1 N–H and O–H groups in total. The lowest BCUT2D eigenvalue weighted by Crippen LogP contribution is -2.29. The number of hydrogen-bond donors (Lipinski definition) is 1. The number of unbranched alkanes of at least 4 members (excludes halogenated alkanes) is 1. The van der Waals surface area contributed by atoms with Crippen molar-refractivity contribution in [2.24, 2.45) is 0 Å². The Kier molecular flexibility index (Phi) is 4.80. The second-order valence-electron chi connectivity index (χ2n) is 3.85. The van der Waals surface area contributed by atoms with Crippen molar-refractivity contribution in [3.05, 3.63) is 16.4 Å². The first-order valence-corrected chi connectivity index (χ1v) is 5.90. The quantitative estimate of drug-likeness (QED) is 0.805. The predicted molar refractivity (Wildman–Crippen MR) is 64.6 cm³/mol. The molecule has 0 saturated heterocycles. The highest BCUT2D eigenvalue weighted by Crippen LogP contribution is 2.18. The van der Waals surface area contributed by atoms with Crippen molar-refractivity contribution in [3.8, 4) is 0 Å². The van der Waals surface area contributed by atoms with E-state index in [9.17, 15) is 4.79 Å². The molecule has 0 aliphatic carbocycles. The van der Waals surface area contributed by atoms with Gasteiger partial charge in [-0.3, -0.25) is 9.48 Å². The molecule has 16 heavy (non-hydrogen) atoms. The van der Waals surface area contributed by atoms with Crippen LogP contribution in [0.4, 0.5) is 0 Å². The normalized spacial score (nSPS) is 10.5. The molecule has 0 unspecified atom stereocenters. The average molecular weight is 244 g/mol. The fourth-order valence-electron chi connectivity index (χ4n) is 1.43. The summed E-state index contributed by atoms with van der Waals surface area (Å²) in [5.41, 5.74) is 1.60. The third-order valence-electron chi connectivity index (χ3n) is 2.44. The van der Waals surface area contributed by atoms with Gasteiger partial charge in [-0.2, -0.15) is 5.10 Å². The number of nitrogens with zero attached hydrogens (tertiary/aromatic N) is 2. The molecule has 1 amide bonds. The van der Waals surface area contributed by atoms with Crippen LogP contribution in [0, 0.1) is 13.8 Å². The first-order chi connectivity index (χ1) is 7.56. The Morgan fingerprint density at radius 1 is 1.50 bits per heavy atom. The lowest BCUT2D eigenvalue weighted by molar-refractivity contribution is -0.121. The van der Waals surface area contributed by atoms with E-state index in [1.54, 1.807) is 4.68 Å². The van der Waals surface area contributed by atoms with Crippen LogP contribution in [-0.4, -0.2) is 22.2 Å². The van der Waals surface area contributed by atoms with Gasteiger partial charge >= 0.3 is 0 Å². The molecule has 0 atom stereocenters. The van der Waals surface area contributed by atoms with Gasteiger partial charge in [0.25, 0.3) is 0 Å². The van der Waals surface area contributed by atoms with E-state index in [0.29, 0.717) is 5.02 Å². The standard InChI is InChI=1S/C11H18ClN3O/c1-4-5-6-13-10(16)7-15-9(3)11(12)8(2)14-15/h4-7H2,1-3H3,(H,13,16). The minimum Gasteiger partial charge on any atom is -0.354 e. The summed E-state index contributed by atoms with van der Waals surface area (Å²) in [5.74, 6) is -0.0179. The Morgan fingerprint density at radius 3 is 2.69 bits per heavy atom. The minimum absolute atomic E-state index is 0.0179. The van der Waals surface area contributed by atoms with Crippen molar-refractivity contribution in [3.63, 3.8) is 0 Å². The molecule has 0 saturated carbocycles. The van der Waals surface area contributed by atoms with Gasteiger partial charge in [-0.05, 0) is 20.3 Å². The van der Waals surface area contributed by atoms with Crippen LogP contribution >= 0.6 is 11.6 Å². The predicted octanol–water partition coefficient (Wildman–Crippen LogP) is 2.07. The Bertz CT molecular complexity index is 374. The van der Waals surface area contributed by atoms with Crippen LogP contribution in [0.15, 0.2) is 0 Å². The first kappa shape index (κ1) is 13.0. The Morgan fingerprint density at radius 2 is 2.19 bits per heavy atom. The van der Waals surface area contributed by atoms with Gasteiger partial charge in [0, 0.05) is 6.54 Å². The van der Waals surface area contributed by atoms with E-state index in [-0.39, 0.29) is 12.5 Å². The van der Waals surface area contributed by atoms with Crippen LogP contribution in [0.25, 0.3) is 0 Å². The maximum absolute atomic E-state index is 11.5. The summed E-state index contributed by atoms with van der Waals surface area (Å²) >= 11 is 5.99. The maximum atomic E-state index is 11.5. The van der Waals surface area contributed by atoms with Crippen LogP contribution in [0.3, 0.4) is 0 Å². The topological polar surface area (TPSA) is 46.9 Å². The molecule has 0 aliphatic rings. The number of aromatic nitrogens is 2. The zero-order valence-electron chi connectivity index (χ0n) is 10.0. The number of nitrogens with one attached hydrogen (secondary N) is 1. The molecule has 4 nitrogen and oxygen atoms in total. The molecule has 1 heterocycles. The molecule has 1 rings (SSSR count). The van der Waals surface area contributed by atoms with E-state index in [1.165, 1.54) is 0 Å². The number of carbonyl (C=O) groups is 1. The maximum Gasteiger partial charge on any atom is 0.241 e. The summed E-state index contributed by atoms with van der Waals surface area (Å²) in [6.07, 6.45) is 2.08. The second-order valence-corrected chi connectivity index (χ2v) is 4.22. The van der Waals surface area contributed by atoms with Gasteiger partial charge in [-0.25, -0.2) is 0 Å². The van der Waals surface area contributed by atoms with Crippen molar-refractivity contribution in [1.82, 2.24) is 15.1 Å². The highest BCUT2D eigenvalue weighted by Gasteiger charge is 2.11. The molecule has 1 aromatic heterocycles. The first-order valence-electron chi connectivity index (χ1n) is 5.52.